The lowest BCUT2D eigenvalue weighted by atomic mass is 9.96. The largest absolute Gasteiger partial charge is 0.383 e. The molecule has 0 amide bonds. The maximum absolute atomic E-state index is 9.66. The maximum atomic E-state index is 9.66. The fourth-order valence-corrected chi connectivity index (χ4v) is 3.63. The van der Waals surface area contributed by atoms with Crippen LogP contribution in [0.4, 0.5) is 11.4 Å². The molecule has 0 saturated carbocycles. The summed E-state index contributed by atoms with van der Waals surface area (Å²) >= 11 is 6.61. The summed E-state index contributed by atoms with van der Waals surface area (Å²) in [5.74, 6) is 0. The van der Waals surface area contributed by atoms with Gasteiger partial charge < -0.3 is 10.6 Å². The average molecular weight is 447 g/mol. The number of nitrogens with one attached hydrogen (secondary N) is 3. The quantitative estimate of drug-likeness (QED) is 0.384. The second-order valence-corrected chi connectivity index (χ2v) is 9.09. The molecular weight excluding hydrogens is 424 g/mol. The van der Waals surface area contributed by atoms with Crippen molar-refractivity contribution in [3.05, 3.63) is 70.9 Å². The number of aromatic nitrogens is 5. The molecule has 0 saturated heterocycles. The Kier molecular flexibility index (Phi) is 5.93. The topological polar surface area (TPSA) is 115 Å². The minimum absolute atomic E-state index is 0.0281. The van der Waals surface area contributed by atoms with Gasteiger partial charge >= 0.3 is 0 Å². The third-order valence-corrected chi connectivity index (χ3v) is 5.19. The second kappa shape index (κ2) is 8.81. The van der Waals surface area contributed by atoms with E-state index in [1.807, 2.05) is 24.3 Å². The van der Waals surface area contributed by atoms with E-state index in [0.717, 1.165) is 22.3 Å². The normalized spacial score (nSPS) is 12.3. The molecule has 0 radical (unpaired) electrons. The van der Waals surface area contributed by atoms with Crippen molar-refractivity contribution in [1.29, 1.82) is 5.26 Å². The van der Waals surface area contributed by atoms with Crippen molar-refractivity contribution in [3.8, 4) is 6.07 Å². The van der Waals surface area contributed by atoms with Gasteiger partial charge in [-0.1, -0.05) is 38.4 Å². The molecule has 0 aliphatic rings. The van der Waals surface area contributed by atoms with E-state index in [1.165, 1.54) is 0 Å². The molecule has 1 aromatic carbocycles. The second-order valence-electron chi connectivity index (χ2n) is 8.69. The van der Waals surface area contributed by atoms with Gasteiger partial charge in [0.25, 0.3) is 0 Å². The Morgan fingerprint density at radius 2 is 2.06 bits per heavy atom. The van der Waals surface area contributed by atoms with Gasteiger partial charge in [0, 0.05) is 36.2 Å². The maximum Gasteiger partial charge on any atom is 0.109 e. The predicted octanol–water partition coefficient (Wildman–Crippen LogP) is 4.93. The number of rotatable bonds is 6. The first-order chi connectivity index (χ1) is 15.4. The summed E-state index contributed by atoms with van der Waals surface area (Å²) in [4.78, 5) is 8.65. The smallest absolute Gasteiger partial charge is 0.109 e. The highest BCUT2D eigenvalue weighted by atomic mass is 35.5. The van der Waals surface area contributed by atoms with Crippen LogP contribution in [0.2, 0.25) is 5.02 Å². The number of aromatic amines is 1. The lowest BCUT2D eigenvalue weighted by molar-refractivity contribution is 0.443. The standard InChI is InChI=1S/C23H23ClN8/c1-23(2,3)13-28-20-15(9-25)11-27-22-17(20)7-16(8-18(22)24)30-21(19-12-29-32-31-19)14-5-4-6-26-10-14/h4-8,10-12,21,30H,13H2,1-3H3,(H,27,28)(H,29,31,32). The van der Waals surface area contributed by atoms with Gasteiger partial charge in [-0.3, -0.25) is 9.97 Å². The van der Waals surface area contributed by atoms with Crippen LogP contribution in [-0.2, 0) is 0 Å². The van der Waals surface area contributed by atoms with Crippen LogP contribution in [-0.4, -0.2) is 31.9 Å². The number of anilines is 2. The van der Waals surface area contributed by atoms with Crippen LogP contribution >= 0.6 is 11.6 Å². The monoisotopic (exact) mass is 446 g/mol. The van der Waals surface area contributed by atoms with Crippen LogP contribution < -0.4 is 10.6 Å². The number of pyridine rings is 2. The van der Waals surface area contributed by atoms with Crippen molar-refractivity contribution in [1.82, 2.24) is 25.4 Å². The number of nitriles is 1. The van der Waals surface area contributed by atoms with Crippen LogP contribution in [0, 0.1) is 16.7 Å². The van der Waals surface area contributed by atoms with Crippen molar-refractivity contribution < 1.29 is 0 Å². The molecule has 8 nitrogen and oxygen atoms in total. The Morgan fingerprint density at radius 3 is 2.72 bits per heavy atom. The zero-order chi connectivity index (χ0) is 22.7. The highest BCUT2D eigenvalue weighted by molar-refractivity contribution is 6.35. The highest BCUT2D eigenvalue weighted by Gasteiger charge is 2.20. The SMILES string of the molecule is CC(C)(C)CNc1c(C#N)cnc2c(Cl)cc(NC(c3cccnc3)c3cn[nH]n3)cc12. The molecule has 0 aliphatic carbocycles. The van der Waals surface area contributed by atoms with Crippen molar-refractivity contribution in [2.75, 3.05) is 17.2 Å². The summed E-state index contributed by atoms with van der Waals surface area (Å²) in [6.45, 7) is 7.08. The summed E-state index contributed by atoms with van der Waals surface area (Å²) in [6, 6.07) is 9.54. The Hall–Kier alpha value is -3.70. The van der Waals surface area contributed by atoms with Crippen LogP contribution in [0.3, 0.4) is 0 Å². The first kappa shape index (κ1) is 21.5. The molecule has 162 valence electrons. The van der Waals surface area contributed by atoms with E-state index in [4.69, 9.17) is 11.6 Å². The summed E-state index contributed by atoms with van der Waals surface area (Å²) in [5.41, 5.74) is 4.24. The van der Waals surface area contributed by atoms with Crippen molar-refractivity contribution in [3.63, 3.8) is 0 Å². The van der Waals surface area contributed by atoms with E-state index in [-0.39, 0.29) is 11.5 Å². The van der Waals surface area contributed by atoms with E-state index in [1.54, 1.807) is 24.8 Å². The van der Waals surface area contributed by atoms with Gasteiger partial charge in [-0.2, -0.15) is 20.7 Å². The van der Waals surface area contributed by atoms with Crippen LogP contribution in [0.25, 0.3) is 10.9 Å². The lowest BCUT2D eigenvalue weighted by Crippen LogP contribution is -2.20. The van der Waals surface area contributed by atoms with E-state index in [0.29, 0.717) is 28.3 Å². The molecule has 32 heavy (non-hydrogen) atoms. The Bertz CT molecular complexity index is 1260. The van der Waals surface area contributed by atoms with Crippen LogP contribution in [0.1, 0.15) is 43.6 Å². The molecule has 0 bridgehead atoms. The predicted molar refractivity (Wildman–Crippen MR) is 125 cm³/mol. The zero-order valence-corrected chi connectivity index (χ0v) is 18.8. The molecule has 9 heteroatoms. The summed E-state index contributed by atoms with van der Waals surface area (Å²) in [6.07, 6.45) is 6.72. The Balaban J connectivity index is 1.80. The third kappa shape index (κ3) is 4.63. The molecule has 0 spiro atoms. The van der Waals surface area contributed by atoms with Crippen molar-refractivity contribution in [2.24, 2.45) is 5.41 Å². The summed E-state index contributed by atoms with van der Waals surface area (Å²) in [7, 11) is 0. The summed E-state index contributed by atoms with van der Waals surface area (Å²) < 4.78 is 0. The first-order valence-electron chi connectivity index (χ1n) is 10.1. The molecule has 3 N–H and O–H groups in total. The number of nitrogens with zero attached hydrogens (tertiary/aromatic N) is 5. The third-order valence-electron chi connectivity index (χ3n) is 4.90. The van der Waals surface area contributed by atoms with Gasteiger partial charge in [0.15, 0.2) is 0 Å². The number of fused-ring (bicyclic) bond motifs is 1. The van der Waals surface area contributed by atoms with E-state index in [9.17, 15) is 5.26 Å². The number of halogens is 1. The van der Waals surface area contributed by atoms with Crippen LogP contribution in [0.15, 0.2) is 49.1 Å². The van der Waals surface area contributed by atoms with Crippen molar-refractivity contribution >= 4 is 33.9 Å². The number of benzene rings is 1. The number of hydrogen-bond acceptors (Lipinski definition) is 7. The Morgan fingerprint density at radius 1 is 1.22 bits per heavy atom. The van der Waals surface area contributed by atoms with Gasteiger partial charge in [0.1, 0.15) is 11.8 Å². The van der Waals surface area contributed by atoms with Crippen LogP contribution in [0.5, 0.6) is 0 Å². The Labute approximate surface area is 191 Å². The minimum atomic E-state index is -0.297. The zero-order valence-electron chi connectivity index (χ0n) is 18.0. The van der Waals surface area contributed by atoms with Crippen molar-refractivity contribution in [2.45, 2.75) is 26.8 Å². The lowest BCUT2D eigenvalue weighted by Gasteiger charge is -2.22. The summed E-state index contributed by atoms with van der Waals surface area (Å²) in [5, 5.41) is 28.7. The fourth-order valence-electron chi connectivity index (χ4n) is 3.36. The van der Waals surface area contributed by atoms with Gasteiger partial charge in [0.2, 0.25) is 0 Å². The molecule has 4 aromatic rings. The van der Waals surface area contributed by atoms with E-state index in [2.05, 4.69) is 62.9 Å². The first-order valence-corrected chi connectivity index (χ1v) is 10.5. The van der Waals surface area contributed by atoms with E-state index < -0.39 is 0 Å². The highest BCUT2D eigenvalue weighted by Crippen LogP contribution is 2.35. The number of H-pyrrole nitrogens is 1. The molecule has 1 atom stereocenters. The molecule has 3 heterocycles. The molecule has 4 rings (SSSR count). The molecule has 3 aromatic heterocycles. The minimum Gasteiger partial charge on any atom is -0.383 e. The van der Waals surface area contributed by atoms with Gasteiger partial charge in [-0.05, 0) is 29.2 Å². The molecular formula is C23H23ClN8. The molecule has 0 aliphatic heterocycles. The van der Waals surface area contributed by atoms with E-state index >= 15 is 0 Å². The van der Waals surface area contributed by atoms with Gasteiger partial charge in [-0.15, -0.1) is 0 Å². The molecule has 0 fully saturated rings. The number of hydrogen-bond donors (Lipinski definition) is 3. The van der Waals surface area contributed by atoms with Gasteiger partial charge in [0.05, 0.1) is 34.0 Å². The fraction of sp³-hybridized carbons (Fsp3) is 0.261. The molecule has 1 unspecified atom stereocenters. The average Bonchev–Trinajstić information content (AvgIpc) is 3.30. The van der Waals surface area contributed by atoms with Gasteiger partial charge in [-0.25, -0.2) is 0 Å².